The van der Waals surface area contributed by atoms with Crippen LogP contribution in [0.2, 0.25) is 0 Å². The Morgan fingerprint density at radius 1 is 1.36 bits per heavy atom. The molecule has 0 aliphatic rings. The molecular weight excluding hydrogens is 330 g/mol. The summed E-state index contributed by atoms with van der Waals surface area (Å²) in [5, 5.41) is 22.7. The largest absolute Gasteiger partial charge is 0.478 e. The lowest BCUT2D eigenvalue weighted by Crippen LogP contribution is -2.31. The summed E-state index contributed by atoms with van der Waals surface area (Å²) in [4.78, 5) is 34.9. The van der Waals surface area contributed by atoms with Crippen molar-refractivity contribution < 1.29 is 24.0 Å². The highest BCUT2D eigenvalue weighted by Crippen LogP contribution is 2.23. The number of nitro benzene ring substituents is 1. The summed E-state index contributed by atoms with van der Waals surface area (Å²) in [6.07, 6.45) is 0. The summed E-state index contributed by atoms with van der Waals surface area (Å²) < 4.78 is 5.33. The average Bonchev–Trinajstić information content (AvgIpc) is 2.93. The predicted octanol–water partition coefficient (Wildman–Crippen LogP) is 2.26. The number of aromatic carboxylic acids is 1. The maximum Gasteiger partial charge on any atom is 0.339 e. The number of aryl methyl sites for hydroxylation is 1. The third kappa shape index (κ3) is 4.34. The minimum absolute atomic E-state index is 0.0499. The molecule has 0 bridgehead atoms. The van der Waals surface area contributed by atoms with Crippen LogP contribution >= 0.6 is 0 Å². The second-order valence-electron chi connectivity index (χ2n) is 5.37. The van der Waals surface area contributed by atoms with E-state index in [1.807, 2.05) is 0 Å². The molecule has 0 spiro atoms. The van der Waals surface area contributed by atoms with Crippen LogP contribution in [0.15, 0.2) is 34.7 Å². The van der Waals surface area contributed by atoms with E-state index < -0.39 is 10.9 Å². The monoisotopic (exact) mass is 347 g/mol. The Labute approximate surface area is 143 Å². The SMILES string of the molecule is Cc1oc(CN(C)C(=O)CNc2ccccc2[N+](=O)[O-])cc1C(=O)O. The number of hydrogen-bond donors (Lipinski definition) is 2. The van der Waals surface area contributed by atoms with Gasteiger partial charge in [-0.1, -0.05) is 12.1 Å². The summed E-state index contributed by atoms with van der Waals surface area (Å²) in [6, 6.07) is 7.39. The Kier molecular flexibility index (Phi) is 5.38. The molecule has 132 valence electrons. The lowest BCUT2D eigenvalue weighted by Gasteiger charge is -2.16. The van der Waals surface area contributed by atoms with Crippen molar-refractivity contribution in [1.82, 2.24) is 4.90 Å². The van der Waals surface area contributed by atoms with Crippen LogP contribution in [0.25, 0.3) is 0 Å². The van der Waals surface area contributed by atoms with Gasteiger partial charge in [0, 0.05) is 13.1 Å². The molecule has 1 heterocycles. The van der Waals surface area contributed by atoms with Crippen molar-refractivity contribution in [3.8, 4) is 0 Å². The molecule has 0 saturated carbocycles. The predicted molar refractivity (Wildman–Crippen MR) is 88.5 cm³/mol. The fourth-order valence-corrected chi connectivity index (χ4v) is 2.24. The van der Waals surface area contributed by atoms with Gasteiger partial charge in [-0.15, -0.1) is 0 Å². The van der Waals surface area contributed by atoms with Crippen LogP contribution in [-0.4, -0.2) is 40.4 Å². The first-order valence-corrected chi connectivity index (χ1v) is 7.33. The molecule has 0 saturated heterocycles. The van der Waals surface area contributed by atoms with Crippen LogP contribution in [0.3, 0.4) is 0 Å². The first-order valence-electron chi connectivity index (χ1n) is 7.33. The van der Waals surface area contributed by atoms with Gasteiger partial charge in [0.05, 0.1) is 18.0 Å². The molecule has 9 heteroatoms. The molecule has 1 aromatic heterocycles. The van der Waals surface area contributed by atoms with Crippen molar-refractivity contribution in [2.24, 2.45) is 0 Å². The van der Waals surface area contributed by atoms with Gasteiger partial charge in [0.2, 0.25) is 5.91 Å². The van der Waals surface area contributed by atoms with Gasteiger partial charge in [-0.05, 0) is 19.1 Å². The van der Waals surface area contributed by atoms with E-state index in [4.69, 9.17) is 9.52 Å². The normalized spacial score (nSPS) is 10.3. The van der Waals surface area contributed by atoms with E-state index in [2.05, 4.69) is 5.32 Å². The molecule has 2 aromatic rings. The number of furan rings is 1. The number of carbonyl (C=O) groups is 2. The second kappa shape index (κ2) is 7.47. The highest BCUT2D eigenvalue weighted by molar-refractivity contribution is 5.88. The van der Waals surface area contributed by atoms with Crippen molar-refractivity contribution >= 4 is 23.3 Å². The lowest BCUT2D eigenvalue weighted by molar-refractivity contribution is -0.383. The highest BCUT2D eigenvalue weighted by atomic mass is 16.6. The van der Waals surface area contributed by atoms with Gasteiger partial charge in [-0.3, -0.25) is 14.9 Å². The Bertz CT molecular complexity index is 814. The Hall–Kier alpha value is -3.36. The minimum atomic E-state index is -1.10. The van der Waals surface area contributed by atoms with Crippen LogP contribution in [0.4, 0.5) is 11.4 Å². The van der Waals surface area contributed by atoms with E-state index in [9.17, 15) is 19.7 Å². The van der Waals surface area contributed by atoms with E-state index in [-0.39, 0.29) is 41.7 Å². The van der Waals surface area contributed by atoms with Crippen LogP contribution in [0, 0.1) is 17.0 Å². The molecule has 2 rings (SSSR count). The Balaban J connectivity index is 1.98. The quantitative estimate of drug-likeness (QED) is 0.581. The molecule has 0 aliphatic heterocycles. The van der Waals surface area contributed by atoms with E-state index >= 15 is 0 Å². The van der Waals surface area contributed by atoms with E-state index in [0.717, 1.165) is 0 Å². The maximum atomic E-state index is 12.2. The molecule has 0 atom stereocenters. The number of rotatable bonds is 7. The summed E-state index contributed by atoms with van der Waals surface area (Å²) in [6.45, 7) is 1.48. The number of carboxylic acid groups (broad SMARTS) is 1. The summed E-state index contributed by atoms with van der Waals surface area (Å²) in [5.41, 5.74) is 0.177. The Morgan fingerprint density at radius 3 is 2.64 bits per heavy atom. The number of nitro groups is 1. The van der Waals surface area contributed by atoms with Crippen LogP contribution < -0.4 is 5.32 Å². The van der Waals surface area contributed by atoms with Crippen molar-refractivity contribution in [3.63, 3.8) is 0 Å². The van der Waals surface area contributed by atoms with Gasteiger partial charge in [0.1, 0.15) is 22.8 Å². The molecule has 25 heavy (non-hydrogen) atoms. The summed E-state index contributed by atoms with van der Waals surface area (Å²) in [7, 11) is 1.53. The molecule has 1 aromatic carbocycles. The first-order chi connectivity index (χ1) is 11.8. The third-order valence-electron chi connectivity index (χ3n) is 3.55. The number of likely N-dealkylation sites (N-methyl/N-ethyl adjacent to an activating group) is 1. The van der Waals surface area contributed by atoms with Gasteiger partial charge in [-0.2, -0.15) is 0 Å². The van der Waals surface area contributed by atoms with Crippen molar-refractivity contribution in [2.75, 3.05) is 18.9 Å². The van der Waals surface area contributed by atoms with Gasteiger partial charge >= 0.3 is 5.97 Å². The van der Waals surface area contributed by atoms with E-state index in [1.165, 1.54) is 43.1 Å². The molecule has 0 fully saturated rings. The molecule has 0 radical (unpaired) electrons. The standard InChI is InChI=1S/C16H17N3O6/c1-10-12(16(21)22)7-11(25-10)9-18(2)15(20)8-17-13-5-3-4-6-14(13)19(23)24/h3-7,17H,8-9H2,1-2H3,(H,21,22). The smallest absolute Gasteiger partial charge is 0.339 e. The number of para-hydroxylation sites is 2. The fourth-order valence-electron chi connectivity index (χ4n) is 2.24. The fraction of sp³-hybridized carbons (Fsp3) is 0.250. The van der Waals surface area contributed by atoms with Gasteiger partial charge in [0.15, 0.2) is 0 Å². The first kappa shape index (κ1) is 18.0. The van der Waals surface area contributed by atoms with Crippen molar-refractivity contribution in [1.29, 1.82) is 0 Å². The zero-order chi connectivity index (χ0) is 18.6. The number of nitrogens with one attached hydrogen (secondary N) is 1. The molecule has 0 aliphatic carbocycles. The van der Waals surface area contributed by atoms with Gasteiger partial charge in [-0.25, -0.2) is 4.79 Å². The topological polar surface area (TPSA) is 126 Å². The number of carbonyl (C=O) groups excluding carboxylic acids is 1. The highest BCUT2D eigenvalue weighted by Gasteiger charge is 2.18. The zero-order valence-corrected chi connectivity index (χ0v) is 13.7. The number of nitrogens with zero attached hydrogens (tertiary/aromatic N) is 2. The number of benzene rings is 1. The number of anilines is 1. The van der Waals surface area contributed by atoms with Crippen LogP contribution in [0.1, 0.15) is 21.9 Å². The maximum absolute atomic E-state index is 12.2. The molecule has 0 unspecified atom stereocenters. The van der Waals surface area contributed by atoms with Crippen LogP contribution in [-0.2, 0) is 11.3 Å². The lowest BCUT2D eigenvalue weighted by atomic mass is 10.2. The van der Waals surface area contributed by atoms with Crippen molar-refractivity contribution in [2.45, 2.75) is 13.5 Å². The number of hydrogen-bond acceptors (Lipinski definition) is 6. The Morgan fingerprint density at radius 2 is 2.04 bits per heavy atom. The van der Waals surface area contributed by atoms with Gasteiger partial charge < -0.3 is 19.7 Å². The molecule has 2 N–H and O–H groups in total. The third-order valence-corrected chi connectivity index (χ3v) is 3.55. The molecular formula is C16H17N3O6. The zero-order valence-electron chi connectivity index (χ0n) is 13.7. The average molecular weight is 347 g/mol. The molecule has 1 amide bonds. The van der Waals surface area contributed by atoms with E-state index in [1.54, 1.807) is 6.07 Å². The van der Waals surface area contributed by atoms with Crippen LogP contribution in [0.5, 0.6) is 0 Å². The van der Waals surface area contributed by atoms with Crippen molar-refractivity contribution in [3.05, 3.63) is 57.5 Å². The summed E-state index contributed by atoms with van der Waals surface area (Å²) >= 11 is 0. The summed E-state index contributed by atoms with van der Waals surface area (Å²) in [5.74, 6) is -0.818. The van der Waals surface area contributed by atoms with Gasteiger partial charge in [0.25, 0.3) is 5.69 Å². The van der Waals surface area contributed by atoms with E-state index in [0.29, 0.717) is 5.76 Å². The minimum Gasteiger partial charge on any atom is -0.478 e. The second-order valence-corrected chi connectivity index (χ2v) is 5.37. The molecule has 9 nitrogen and oxygen atoms in total. The number of carboxylic acids is 1. The number of amides is 1.